The summed E-state index contributed by atoms with van der Waals surface area (Å²) in [6, 6.07) is 7.11. The van der Waals surface area contributed by atoms with Gasteiger partial charge in [-0.3, -0.25) is 0 Å². The van der Waals surface area contributed by atoms with Gasteiger partial charge < -0.3 is 4.84 Å². The fourth-order valence-electron chi connectivity index (χ4n) is 1.48. The molecule has 1 aromatic rings. The molecular formula is C11H15F2NO. The minimum atomic E-state index is -2.68. The molecule has 0 aliphatic carbocycles. The van der Waals surface area contributed by atoms with Crippen molar-refractivity contribution in [3.05, 3.63) is 35.4 Å². The van der Waals surface area contributed by atoms with Crippen molar-refractivity contribution in [1.82, 2.24) is 0 Å². The van der Waals surface area contributed by atoms with E-state index in [4.69, 9.17) is 5.90 Å². The Morgan fingerprint density at radius 2 is 1.87 bits per heavy atom. The molecule has 0 aliphatic heterocycles. The largest absolute Gasteiger partial charge is 0.304 e. The highest BCUT2D eigenvalue weighted by atomic mass is 19.3. The Bertz CT molecular complexity index is 310. The number of rotatable bonds is 5. The molecule has 0 bridgehead atoms. The minimum Gasteiger partial charge on any atom is -0.304 e. The normalized spacial score (nSPS) is 11.7. The molecule has 0 saturated carbocycles. The Hall–Kier alpha value is -1.00. The minimum absolute atomic E-state index is 0.242. The molecule has 0 unspecified atom stereocenters. The molecule has 0 aliphatic rings. The van der Waals surface area contributed by atoms with Gasteiger partial charge in [0, 0.05) is 6.42 Å². The highest BCUT2D eigenvalue weighted by Gasteiger charge is 2.22. The van der Waals surface area contributed by atoms with Crippen LogP contribution < -0.4 is 5.90 Å². The average molecular weight is 215 g/mol. The van der Waals surface area contributed by atoms with E-state index in [0.29, 0.717) is 18.6 Å². The zero-order valence-electron chi connectivity index (χ0n) is 8.67. The molecule has 0 atom stereocenters. The Kier molecular flexibility index (Phi) is 4.17. The molecule has 0 heterocycles. The quantitative estimate of drug-likeness (QED) is 0.765. The molecule has 0 radical (unpaired) electrons. The first-order valence-electron chi connectivity index (χ1n) is 4.79. The van der Waals surface area contributed by atoms with Crippen molar-refractivity contribution >= 4 is 0 Å². The third-order valence-electron chi connectivity index (χ3n) is 2.11. The molecule has 1 aromatic carbocycles. The Labute approximate surface area is 88.0 Å². The van der Waals surface area contributed by atoms with Gasteiger partial charge in [0.05, 0.1) is 6.61 Å². The van der Waals surface area contributed by atoms with Crippen LogP contribution in [0.1, 0.15) is 18.1 Å². The van der Waals surface area contributed by atoms with E-state index in [1.165, 1.54) is 0 Å². The molecule has 2 N–H and O–H groups in total. The summed E-state index contributed by atoms with van der Waals surface area (Å²) in [5, 5.41) is 0. The number of nitrogens with two attached hydrogens (primary N) is 1. The second kappa shape index (κ2) is 5.19. The Balaban J connectivity index is 2.77. The number of hydrogen-bond acceptors (Lipinski definition) is 2. The molecule has 2 nitrogen and oxygen atoms in total. The van der Waals surface area contributed by atoms with Crippen LogP contribution in [0.4, 0.5) is 8.78 Å². The first-order valence-corrected chi connectivity index (χ1v) is 4.79. The van der Waals surface area contributed by atoms with Crippen LogP contribution in [0, 0.1) is 0 Å². The van der Waals surface area contributed by atoms with Crippen molar-refractivity contribution in [2.45, 2.75) is 25.7 Å². The highest BCUT2D eigenvalue weighted by Crippen LogP contribution is 2.21. The average Bonchev–Trinajstić information content (AvgIpc) is 2.14. The molecular weight excluding hydrogens is 200 g/mol. The van der Waals surface area contributed by atoms with Gasteiger partial charge in [-0.05, 0) is 24.5 Å². The van der Waals surface area contributed by atoms with Crippen LogP contribution in [0.15, 0.2) is 24.3 Å². The lowest BCUT2D eigenvalue weighted by Gasteiger charge is -2.13. The van der Waals surface area contributed by atoms with Gasteiger partial charge in [0.25, 0.3) is 0 Å². The van der Waals surface area contributed by atoms with Gasteiger partial charge in [0.15, 0.2) is 0 Å². The van der Waals surface area contributed by atoms with Crippen LogP contribution in [-0.2, 0) is 17.7 Å². The van der Waals surface area contributed by atoms with Crippen molar-refractivity contribution in [3.8, 4) is 0 Å². The molecule has 0 spiro atoms. The van der Waals surface area contributed by atoms with E-state index in [1.807, 2.05) is 12.1 Å². The predicted octanol–water partition coefficient (Wildman–Crippen LogP) is 2.32. The van der Waals surface area contributed by atoms with Gasteiger partial charge in [-0.25, -0.2) is 14.7 Å². The van der Waals surface area contributed by atoms with Crippen LogP contribution in [0.25, 0.3) is 0 Å². The third kappa shape index (κ3) is 4.36. The lowest BCUT2D eigenvalue weighted by molar-refractivity contribution is 0.0223. The van der Waals surface area contributed by atoms with Gasteiger partial charge in [-0.15, -0.1) is 0 Å². The number of alkyl halides is 2. The van der Waals surface area contributed by atoms with Crippen LogP contribution in [0.3, 0.4) is 0 Å². The van der Waals surface area contributed by atoms with Crippen LogP contribution in [-0.4, -0.2) is 12.5 Å². The van der Waals surface area contributed by atoms with Crippen molar-refractivity contribution in [2.75, 3.05) is 6.61 Å². The van der Waals surface area contributed by atoms with Crippen LogP contribution in [0.2, 0.25) is 0 Å². The molecule has 0 amide bonds. The van der Waals surface area contributed by atoms with Crippen LogP contribution >= 0.6 is 0 Å². The number of hydrogen-bond donors (Lipinski definition) is 1. The predicted molar refractivity (Wildman–Crippen MR) is 54.6 cm³/mol. The first kappa shape index (κ1) is 12.1. The smallest absolute Gasteiger partial charge is 0.249 e. The standard InChI is InChI=1S/C11H15F2NO/c1-11(12,13)8-10-5-3-2-4-9(10)6-7-15-14/h2-5H,6-8,14H2,1H3. The van der Waals surface area contributed by atoms with E-state index < -0.39 is 5.92 Å². The van der Waals surface area contributed by atoms with Crippen LogP contribution in [0.5, 0.6) is 0 Å². The summed E-state index contributed by atoms with van der Waals surface area (Å²) in [6.07, 6.45) is 0.316. The first-order chi connectivity index (χ1) is 7.03. The third-order valence-corrected chi connectivity index (χ3v) is 2.11. The monoisotopic (exact) mass is 215 g/mol. The van der Waals surface area contributed by atoms with Crippen molar-refractivity contribution in [3.63, 3.8) is 0 Å². The Morgan fingerprint density at radius 1 is 1.27 bits per heavy atom. The van der Waals surface area contributed by atoms with Gasteiger partial charge in [-0.1, -0.05) is 24.3 Å². The maximum atomic E-state index is 12.9. The van der Waals surface area contributed by atoms with Gasteiger partial charge >= 0.3 is 0 Å². The molecule has 0 fully saturated rings. The van der Waals surface area contributed by atoms with Gasteiger partial charge in [0.2, 0.25) is 5.92 Å². The van der Waals surface area contributed by atoms with Crippen molar-refractivity contribution in [2.24, 2.45) is 5.90 Å². The summed E-state index contributed by atoms with van der Waals surface area (Å²) in [6.45, 7) is 1.26. The van der Waals surface area contributed by atoms with E-state index in [-0.39, 0.29) is 6.42 Å². The summed E-state index contributed by atoms with van der Waals surface area (Å²) >= 11 is 0. The second-order valence-electron chi connectivity index (χ2n) is 3.64. The number of benzene rings is 1. The summed E-state index contributed by atoms with van der Waals surface area (Å²) in [5.74, 6) is 2.22. The molecule has 0 aromatic heterocycles. The molecule has 15 heavy (non-hydrogen) atoms. The van der Waals surface area contributed by atoms with E-state index in [1.54, 1.807) is 12.1 Å². The summed E-state index contributed by atoms with van der Waals surface area (Å²) in [7, 11) is 0. The maximum Gasteiger partial charge on any atom is 0.249 e. The highest BCUT2D eigenvalue weighted by molar-refractivity contribution is 5.28. The SMILES string of the molecule is CC(F)(F)Cc1ccccc1CCON. The zero-order valence-corrected chi connectivity index (χ0v) is 8.67. The van der Waals surface area contributed by atoms with E-state index in [0.717, 1.165) is 12.5 Å². The van der Waals surface area contributed by atoms with E-state index in [9.17, 15) is 8.78 Å². The zero-order chi connectivity index (χ0) is 11.3. The fraction of sp³-hybridized carbons (Fsp3) is 0.455. The van der Waals surface area contributed by atoms with Crippen molar-refractivity contribution in [1.29, 1.82) is 0 Å². The van der Waals surface area contributed by atoms with Gasteiger partial charge in [0.1, 0.15) is 0 Å². The summed E-state index contributed by atoms with van der Waals surface area (Å²) < 4.78 is 25.7. The van der Waals surface area contributed by atoms with Gasteiger partial charge in [-0.2, -0.15) is 0 Å². The van der Waals surface area contributed by atoms with E-state index in [2.05, 4.69) is 4.84 Å². The Morgan fingerprint density at radius 3 is 2.40 bits per heavy atom. The molecule has 0 saturated heterocycles. The fourth-order valence-corrected chi connectivity index (χ4v) is 1.48. The van der Waals surface area contributed by atoms with E-state index >= 15 is 0 Å². The number of halogens is 2. The lowest BCUT2D eigenvalue weighted by atomic mass is 10.00. The molecule has 1 rings (SSSR count). The molecule has 4 heteroatoms. The lowest BCUT2D eigenvalue weighted by Crippen LogP contribution is -2.15. The second-order valence-corrected chi connectivity index (χ2v) is 3.64. The summed E-state index contributed by atoms with van der Waals surface area (Å²) in [5.41, 5.74) is 1.52. The molecule has 84 valence electrons. The topological polar surface area (TPSA) is 35.2 Å². The maximum absolute atomic E-state index is 12.9. The summed E-state index contributed by atoms with van der Waals surface area (Å²) in [4.78, 5) is 4.44. The van der Waals surface area contributed by atoms with Crippen molar-refractivity contribution < 1.29 is 13.6 Å².